The number of fused-ring (bicyclic) bond motifs is 33. The van der Waals surface area contributed by atoms with Crippen LogP contribution in [0.15, 0.2) is 462 Å². The maximum atomic E-state index is 6.49. The van der Waals surface area contributed by atoms with Gasteiger partial charge in [-0.05, 0) is 214 Å². The molecular formula is C132H74N6O3S3. The van der Waals surface area contributed by atoms with E-state index in [0.717, 1.165) is 177 Å². The van der Waals surface area contributed by atoms with E-state index in [1.807, 2.05) is 64.3 Å². The average Bonchev–Trinajstić information content (AvgIpc) is 1.53. The van der Waals surface area contributed by atoms with Gasteiger partial charge in [0.05, 0.1) is 39.0 Å². The first-order chi connectivity index (χ1) is 71.3. The van der Waals surface area contributed by atoms with Gasteiger partial charge in [0.15, 0.2) is 17.5 Å². The van der Waals surface area contributed by atoms with Crippen molar-refractivity contribution in [3.8, 4) is 90.2 Å². The summed E-state index contributed by atoms with van der Waals surface area (Å²) < 4.78 is 26.5. The highest BCUT2D eigenvalue weighted by atomic mass is 32.1. The van der Waals surface area contributed by atoms with E-state index in [0.29, 0.717) is 11.6 Å². The van der Waals surface area contributed by atoms with Gasteiger partial charge in [-0.15, -0.1) is 34.0 Å². The van der Waals surface area contributed by atoms with Gasteiger partial charge in [0.1, 0.15) is 33.5 Å². The Morgan fingerprint density at radius 2 is 0.493 bits per heavy atom. The average molecular weight is 1890 g/mol. The molecule has 0 atom stereocenters. The first-order valence-electron chi connectivity index (χ1n) is 48.4. The third-order valence-electron chi connectivity index (χ3n) is 29.0. The highest BCUT2D eigenvalue weighted by Gasteiger charge is 2.26. The molecule has 0 aliphatic rings. The number of furan rings is 3. The maximum Gasteiger partial charge on any atom is 0.160 e. The molecule has 12 heteroatoms. The van der Waals surface area contributed by atoms with Crippen molar-refractivity contribution >= 4 is 258 Å². The molecule has 0 N–H and O–H groups in total. The molecule has 0 amide bonds. The molecule has 0 fully saturated rings. The minimum absolute atomic E-state index is 0.687. The monoisotopic (exact) mass is 1890 g/mol. The Labute approximate surface area is 833 Å². The third kappa shape index (κ3) is 13.3. The zero-order valence-electron chi connectivity index (χ0n) is 76.9. The molecule has 144 heavy (non-hydrogen) atoms. The first-order valence-corrected chi connectivity index (χ1v) is 50.8. The molecule has 0 radical (unpaired) electrons. The fourth-order valence-corrected chi connectivity index (χ4v) is 25.4. The Morgan fingerprint density at radius 1 is 0.146 bits per heavy atom. The zero-order chi connectivity index (χ0) is 94.3. The number of thiophene rings is 3. The van der Waals surface area contributed by atoms with Crippen molar-refractivity contribution in [2.45, 2.75) is 0 Å². The van der Waals surface area contributed by atoms with Crippen molar-refractivity contribution in [1.82, 2.24) is 29.9 Å². The van der Waals surface area contributed by atoms with Crippen LogP contribution >= 0.6 is 34.0 Å². The smallest absolute Gasteiger partial charge is 0.160 e. The Hall–Kier alpha value is -18.3. The van der Waals surface area contributed by atoms with Gasteiger partial charge in [-0.1, -0.05) is 322 Å². The summed E-state index contributed by atoms with van der Waals surface area (Å²) in [5, 5.41) is 31.6. The lowest BCUT2D eigenvalue weighted by Crippen LogP contribution is -1.96. The summed E-state index contributed by atoms with van der Waals surface area (Å²) in [7, 11) is 0. The molecule has 9 nitrogen and oxygen atoms in total. The highest BCUT2D eigenvalue weighted by molar-refractivity contribution is 7.27. The molecule has 0 spiro atoms. The topological polar surface area (TPSA) is 117 Å². The number of aromatic nitrogens is 6. The number of rotatable bonds is 8. The fraction of sp³-hybridized carbons (Fsp3) is 0. The van der Waals surface area contributed by atoms with Crippen LogP contribution in [-0.4, -0.2) is 29.9 Å². The summed E-state index contributed by atoms with van der Waals surface area (Å²) in [5.74, 6) is 2.09. The normalized spacial score (nSPS) is 12.0. The van der Waals surface area contributed by atoms with Crippen LogP contribution in [0.1, 0.15) is 0 Å². The largest absolute Gasteiger partial charge is 0.456 e. The van der Waals surface area contributed by atoms with E-state index in [9.17, 15) is 0 Å². The van der Waals surface area contributed by atoms with E-state index in [4.69, 9.17) is 43.2 Å². The molecule has 0 bridgehead atoms. The van der Waals surface area contributed by atoms with Crippen molar-refractivity contribution in [3.63, 3.8) is 0 Å². The summed E-state index contributed by atoms with van der Waals surface area (Å²) >= 11 is 5.50. The quantitative estimate of drug-likeness (QED) is 0.147. The summed E-state index contributed by atoms with van der Waals surface area (Å²) in [4.78, 5) is 32.2. The molecule has 23 aromatic carbocycles. The van der Waals surface area contributed by atoms with E-state index in [1.54, 1.807) is 0 Å². The van der Waals surface area contributed by atoms with Crippen molar-refractivity contribution < 1.29 is 13.3 Å². The summed E-state index contributed by atoms with van der Waals surface area (Å²) in [6.45, 7) is 0. The van der Waals surface area contributed by atoms with Crippen LogP contribution in [0.3, 0.4) is 0 Å². The van der Waals surface area contributed by atoms with Gasteiger partial charge in [0, 0.05) is 137 Å². The minimum atomic E-state index is 0.687. The molecule has 0 saturated heterocycles. The second-order valence-corrected chi connectivity index (χ2v) is 40.5. The lowest BCUT2D eigenvalue weighted by Gasteiger charge is -2.13. The molecule has 9 aromatic heterocycles. The molecule has 9 heterocycles. The van der Waals surface area contributed by atoms with Gasteiger partial charge < -0.3 is 13.3 Å². The van der Waals surface area contributed by atoms with E-state index in [1.165, 1.54) is 125 Å². The third-order valence-corrected chi connectivity index (χ3v) is 32.4. The van der Waals surface area contributed by atoms with Gasteiger partial charge in [-0.3, -0.25) is 0 Å². The number of para-hydroxylation sites is 2. The molecule has 0 aliphatic heterocycles. The van der Waals surface area contributed by atoms with Crippen LogP contribution in [0.4, 0.5) is 0 Å². The van der Waals surface area contributed by atoms with Crippen LogP contribution < -0.4 is 0 Å². The number of benzene rings is 23. The van der Waals surface area contributed by atoms with Crippen molar-refractivity contribution in [2.75, 3.05) is 0 Å². The fourth-order valence-electron chi connectivity index (χ4n) is 22.1. The van der Waals surface area contributed by atoms with Crippen molar-refractivity contribution in [2.24, 2.45) is 0 Å². The summed E-state index contributed by atoms with van der Waals surface area (Å²) in [6, 6.07) is 159. The Kier molecular flexibility index (Phi) is 18.5. The molecule has 0 saturated carbocycles. The van der Waals surface area contributed by atoms with E-state index in [-0.39, 0.29) is 0 Å². The van der Waals surface area contributed by atoms with Gasteiger partial charge in [-0.2, -0.15) is 0 Å². The van der Waals surface area contributed by atoms with E-state index >= 15 is 0 Å². The molecular weight excluding hydrogens is 1810 g/mol. The first kappa shape index (κ1) is 81.7. The SMILES string of the molecule is c1cc(-c2ccc3sc4ccccc4c3c2)cc(-c2nc(-c3ccc4ccccc4c3)c3ccc4oc5ccc6ccccc6c5c4c3n2)c1.c1ccc2c(-c3nc(-c4ccc5c(c4)oc4ccccc45)nc4c3ccc3sc5ccc6ccccc6c5c34)cccc2c1.c1ccc2cc(-c3nc(-c4ccc(-c5ccc6oc7ccccc7c6c5)cc4)nc4c3ccc3sc5ccc6ccccc6c5c34)ccc2c1. The van der Waals surface area contributed by atoms with Crippen molar-refractivity contribution in [1.29, 1.82) is 0 Å². The predicted octanol–water partition coefficient (Wildman–Crippen LogP) is 37.9. The number of hydrogen-bond acceptors (Lipinski definition) is 12. The van der Waals surface area contributed by atoms with Gasteiger partial charge in [-0.25, -0.2) is 29.9 Å². The second kappa shape index (κ2) is 32.7. The Balaban J connectivity index is 0.000000101. The maximum absolute atomic E-state index is 6.49. The molecule has 32 aromatic rings. The van der Waals surface area contributed by atoms with E-state index in [2.05, 4.69) is 419 Å². The van der Waals surface area contributed by atoms with Crippen LogP contribution in [0.2, 0.25) is 0 Å². The van der Waals surface area contributed by atoms with Crippen LogP contribution in [0, 0.1) is 0 Å². The van der Waals surface area contributed by atoms with Crippen LogP contribution in [-0.2, 0) is 0 Å². The van der Waals surface area contributed by atoms with Gasteiger partial charge in [0.25, 0.3) is 0 Å². The molecule has 32 rings (SSSR count). The van der Waals surface area contributed by atoms with Crippen LogP contribution in [0.25, 0.3) is 314 Å². The van der Waals surface area contributed by atoms with Gasteiger partial charge in [0.2, 0.25) is 0 Å². The summed E-state index contributed by atoms with van der Waals surface area (Å²) in [5.41, 5.74) is 21.6. The Bertz CT molecular complexity index is 11100. The molecule has 668 valence electrons. The minimum Gasteiger partial charge on any atom is -0.456 e. The van der Waals surface area contributed by atoms with Gasteiger partial charge >= 0.3 is 0 Å². The lowest BCUT2D eigenvalue weighted by atomic mass is 9.97. The van der Waals surface area contributed by atoms with Crippen LogP contribution in [0.5, 0.6) is 0 Å². The molecule has 0 aliphatic carbocycles. The molecule has 0 unspecified atom stereocenters. The highest BCUT2D eigenvalue weighted by Crippen LogP contribution is 2.50. The zero-order valence-corrected chi connectivity index (χ0v) is 79.3. The van der Waals surface area contributed by atoms with Crippen molar-refractivity contribution in [3.05, 3.63) is 449 Å². The summed E-state index contributed by atoms with van der Waals surface area (Å²) in [6.07, 6.45) is 0. The second-order valence-electron chi connectivity index (χ2n) is 37.2. The number of nitrogens with zero attached hydrogens (tertiary/aromatic N) is 6. The lowest BCUT2D eigenvalue weighted by molar-refractivity contribution is 0.668. The van der Waals surface area contributed by atoms with E-state index < -0.39 is 0 Å². The standard InChI is InChI=1S/2C46H26N2OS.C40H22N2OS/c1-2-10-29-24-32(17-16-27(29)8-1)44-36-20-22-39-43(42-34-13-4-3-9-28(34)18-21-38(42)49-39)45(36)48-46(47-44)33-12-7-11-30(25-33)31-19-23-41-37(26-31)35-14-5-6-15-40(35)50-41;1-2-9-31-25-33(18-15-27(31)7-1)44-36-21-24-41-43(42-34-10-4-3-8-29(34)20-23-40(42)50-41)45(36)48-46(47-44)30-16-13-28(14-17-30)32-19-22-39-37(26-32)35-11-5-6-12-38(35)49-39;1-3-11-26-23(8-1)10-7-14-30(26)38-31-19-21-35-37(36-27-12-4-2-9-24(27)17-20-34(36)44-35)39(31)42-40(41-38)25-16-18-29-28-13-5-6-15-32(28)43-33(29)22-25/h2*1-26H;1-22H. The predicted molar refractivity (Wildman–Crippen MR) is 608 cm³/mol. The Morgan fingerprint density at radius 3 is 1.14 bits per heavy atom. The number of hydrogen-bond donors (Lipinski definition) is 0.